The molecule has 0 saturated carbocycles. The van der Waals surface area contributed by atoms with Crippen LogP contribution in [0.5, 0.6) is 0 Å². The number of benzene rings is 1. The largest absolute Gasteiger partial charge is 1.00 e. The molecule has 10 heteroatoms. The van der Waals surface area contributed by atoms with Gasteiger partial charge in [0.05, 0.1) is 11.9 Å². The summed E-state index contributed by atoms with van der Waals surface area (Å²) >= 11 is 7.53. The van der Waals surface area contributed by atoms with Crippen molar-refractivity contribution in [1.82, 2.24) is 0 Å². The molecule has 0 atom stereocenters. The van der Waals surface area contributed by atoms with Gasteiger partial charge < -0.3 is 19.8 Å². The number of hydrogen-bond acceptors (Lipinski definition) is 4. The molecule has 4 nitrogen and oxygen atoms in total. The third kappa shape index (κ3) is 4.79. The number of carbonyl (C=O) groups excluding carboxylic acids is 2. The number of carboxylic acid groups (broad SMARTS) is 2. The van der Waals surface area contributed by atoms with Crippen LogP contribution in [-0.2, 0) is 44.8 Å². The molecular formula is C8Ag2I4O4. The van der Waals surface area contributed by atoms with Crippen molar-refractivity contribution in [1.29, 1.82) is 0 Å². The fourth-order valence-electron chi connectivity index (χ4n) is 1.02. The first-order valence-corrected chi connectivity index (χ1v) is 7.89. The summed E-state index contributed by atoms with van der Waals surface area (Å²) in [7, 11) is 0. The van der Waals surface area contributed by atoms with Gasteiger partial charge in [0, 0.05) is 25.4 Å². The molecular weight excluding hydrogens is 883 g/mol. The SMILES string of the molecule is O=C([O-])c1c(I)c(I)c(I)c(I)c1C(=O)[O-].[Ag+].[Ag+]. The molecule has 0 amide bonds. The number of carboxylic acids is 2. The Kier molecular flexibility index (Phi) is 12.1. The van der Waals surface area contributed by atoms with Crippen LogP contribution in [0.3, 0.4) is 0 Å². The number of hydrogen-bond donors (Lipinski definition) is 0. The Morgan fingerprint density at radius 3 is 1.06 bits per heavy atom. The standard InChI is InChI=1S/C8H2I4O4.2Ag/c9-3-1(7(13)14)2(8(15)16)4(10)6(12)5(3)11;;/h(H,13,14)(H,15,16);;/q;2*+1/p-2. The Hall–Kier alpha value is 2.56. The molecule has 0 aliphatic rings. The Morgan fingerprint density at radius 2 is 0.889 bits per heavy atom. The van der Waals surface area contributed by atoms with Crippen LogP contribution in [0, 0.1) is 14.3 Å². The van der Waals surface area contributed by atoms with Crippen LogP contribution in [0.25, 0.3) is 0 Å². The van der Waals surface area contributed by atoms with E-state index in [1.165, 1.54) is 0 Å². The minimum absolute atomic E-state index is 0. The second kappa shape index (κ2) is 9.55. The molecule has 1 aromatic rings. The maximum Gasteiger partial charge on any atom is 1.00 e. The van der Waals surface area contributed by atoms with Crippen molar-refractivity contribution in [2.24, 2.45) is 0 Å². The summed E-state index contributed by atoms with van der Waals surface area (Å²) in [6.45, 7) is 0. The maximum absolute atomic E-state index is 10.9. The van der Waals surface area contributed by atoms with E-state index in [4.69, 9.17) is 0 Å². The van der Waals surface area contributed by atoms with Gasteiger partial charge in [-0.1, -0.05) is 0 Å². The normalized spacial score (nSPS) is 9.11. The monoisotopic (exact) mass is 881 g/mol. The molecule has 1 rings (SSSR count). The average Bonchev–Trinajstić information content (AvgIpc) is 2.18. The molecule has 0 saturated heterocycles. The molecule has 106 valence electrons. The van der Waals surface area contributed by atoms with Gasteiger partial charge in [0.2, 0.25) is 0 Å². The van der Waals surface area contributed by atoms with Crippen LogP contribution in [0.2, 0.25) is 0 Å². The fourth-order valence-corrected chi connectivity index (χ4v) is 4.64. The van der Waals surface area contributed by atoms with Gasteiger partial charge in [-0.25, -0.2) is 0 Å². The Balaban J connectivity index is 0. The Bertz CT molecular complexity index is 462. The van der Waals surface area contributed by atoms with Gasteiger partial charge in [0.25, 0.3) is 0 Å². The molecule has 0 unspecified atom stereocenters. The molecule has 0 bridgehead atoms. The summed E-state index contributed by atoms with van der Waals surface area (Å²) in [6.07, 6.45) is 0. The zero-order valence-electron chi connectivity index (χ0n) is 7.75. The van der Waals surface area contributed by atoms with Crippen molar-refractivity contribution in [3.8, 4) is 0 Å². The predicted molar refractivity (Wildman–Crippen MR) is 86.0 cm³/mol. The number of carbonyl (C=O) groups is 2. The molecule has 0 N–H and O–H groups in total. The van der Waals surface area contributed by atoms with Crippen molar-refractivity contribution in [3.05, 3.63) is 25.4 Å². The van der Waals surface area contributed by atoms with Crippen LogP contribution < -0.4 is 10.2 Å². The minimum atomic E-state index is -1.50. The Morgan fingerprint density at radius 1 is 0.667 bits per heavy atom. The molecule has 0 aromatic heterocycles. The molecule has 0 radical (unpaired) electrons. The van der Waals surface area contributed by atoms with Crippen LogP contribution in [-0.4, -0.2) is 11.9 Å². The summed E-state index contributed by atoms with van der Waals surface area (Å²) in [5, 5.41) is 21.9. The smallest absolute Gasteiger partial charge is 0.545 e. The third-order valence-corrected chi connectivity index (χ3v) is 9.09. The maximum atomic E-state index is 10.9. The van der Waals surface area contributed by atoms with Gasteiger partial charge in [-0.15, -0.1) is 0 Å². The molecule has 0 aliphatic carbocycles. The quantitative estimate of drug-likeness (QED) is 0.191. The summed E-state index contributed by atoms with van der Waals surface area (Å²) in [6, 6.07) is 0. The zero-order valence-corrected chi connectivity index (χ0v) is 19.3. The van der Waals surface area contributed by atoms with E-state index in [1.54, 1.807) is 45.2 Å². The van der Waals surface area contributed by atoms with Crippen molar-refractivity contribution in [2.45, 2.75) is 0 Å². The molecule has 1 aromatic carbocycles. The van der Waals surface area contributed by atoms with E-state index >= 15 is 0 Å². The predicted octanol–water partition coefficient (Wildman–Crippen LogP) is 0.827. The molecule has 0 heterocycles. The number of rotatable bonds is 2. The van der Waals surface area contributed by atoms with Gasteiger partial charge in [0.1, 0.15) is 0 Å². The van der Waals surface area contributed by atoms with Gasteiger partial charge >= 0.3 is 44.8 Å². The van der Waals surface area contributed by atoms with Gasteiger partial charge in [-0.3, -0.25) is 0 Å². The summed E-state index contributed by atoms with van der Waals surface area (Å²) in [5.74, 6) is -3.01. The van der Waals surface area contributed by atoms with E-state index in [1.807, 2.05) is 45.2 Å². The van der Waals surface area contributed by atoms with Crippen LogP contribution in [0.15, 0.2) is 0 Å². The molecule has 0 spiro atoms. The third-order valence-electron chi connectivity index (χ3n) is 1.68. The van der Waals surface area contributed by atoms with Crippen LogP contribution in [0.4, 0.5) is 0 Å². The van der Waals surface area contributed by atoms with E-state index in [0.717, 1.165) is 0 Å². The second-order valence-electron chi connectivity index (χ2n) is 2.58. The summed E-state index contributed by atoms with van der Waals surface area (Å²) < 4.78 is 2.13. The van der Waals surface area contributed by atoms with Gasteiger partial charge in [-0.05, 0) is 90.4 Å². The minimum Gasteiger partial charge on any atom is -0.545 e. The van der Waals surface area contributed by atoms with Gasteiger partial charge in [0.15, 0.2) is 0 Å². The first-order chi connectivity index (χ1) is 7.29. The number of halogens is 4. The van der Waals surface area contributed by atoms with Crippen molar-refractivity contribution in [3.63, 3.8) is 0 Å². The van der Waals surface area contributed by atoms with Crippen molar-refractivity contribution in [2.75, 3.05) is 0 Å². The summed E-state index contributed by atoms with van der Waals surface area (Å²) in [4.78, 5) is 21.9. The van der Waals surface area contributed by atoms with Crippen molar-refractivity contribution >= 4 is 102 Å². The van der Waals surface area contributed by atoms with Crippen LogP contribution in [0.1, 0.15) is 20.7 Å². The van der Waals surface area contributed by atoms with Crippen LogP contribution >= 0.6 is 90.4 Å². The average molecular weight is 883 g/mol. The fraction of sp³-hybridized carbons (Fsp3) is 0. The van der Waals surface area contributed by atoms with Crippen molar-refractivity contribution < 1.29 is 64.6 Å². The van der Waals surface area contributed by atoms with E-state index < -0.39 is 11.9 Å². The molecule has 0 fully saturated rings. The van der Waals surface area contributed by atoms with E-state index in [0.29, 0.717) is 14.3 Å². The Labute approximate surface area is 188 Å². The zero-order chi connectivity index (χ0) is 12.6. The summed E-state index contributed by atoms with van der Waals surface area (Å²) in [5.41, 5.74) is -0.621. The van der Waals surface area contributed by atoms with Gasteiger partial charge in [-0.2, -0.15) is 0 Å². The van der Waals surface area contributed by atoms with E-state index in [2.05, 4.69) is 0 Å². The number of aromatic carboxylic acids is 2. The first-order valence-electron chi connectivity index (χ1n) is 3.57. The topological polar surface area (TPSA) is 80.3 Å². The first kappa shape index (κ1) is 22.8. The van der Waals surface area contributed by atoms with E-state index in [-0.39, 0.29) is 55.9 Å². The second-order valence-corrected chi connectivity index (χ2v) is 6.90. The molecule has 0 aliphatic heterocycles. The van der Waals surface area contributed by atoms with E-state index in [9.17, 15) is 19.8 Å². The molecule has 18 heavy (non-hydrogen) atoms.